The van der Waals surface area contributed by atoms with Crippen LogP contribution in [-0.4, -0.2) is 138 Å². The minimum Gasteiger partial charge on any atom is -0.358 e. The van der Waals surface area contributed by atoms with E-state index in [0.717, 1.165) is 24.8 Å². The lowest BCUT2D eigenvalue weighted by Gasteiger charge is -2.02. The van der Waals surface area contributed by atoms with Crippen molar-refractivity contribution in [2.24, 2.45) is 0 Å². The van der Waals surface area contributed by atoms with Gasteiger partial charge in [0.05, 0.1) is 23.0 Å². The Morgan fingerprint density at radius 1 is 0.391 bits per heavy atom. The standard InChI is InChI=1S/4C8H13N3O4S/c4*1-3-16(14,15)5-4-10-7(2)9-6-8(10)11(12)13/h4*6H,3-5H2,1-2H3. The minimum atomic E-state index is -3.13. The Balaban J connectivity index is 0.000000427. The molecule has 0 N–H and O–H groups in total. The summed E-state index contributed by atoms with van der Waals surface area (Å²) in [7, 11) is -12.5. The third-order valence-electron chi connectivity index (χ3n) is 9.15. The number of aryl methyl sites for hydroxylation is 4. The van der Waals surface area contributed by atoms with Crippen LogP contribution in [0.3, 0.4) is 0 Å². The molecule has 28 nitrogen and oxygen atoms in total. The Morgan fingerprint density at radius 3 is 0.672 bits per heavy atom. The highest BCUT2D eigenvalue weighted by Gasteiger charge is 2.23. The number of sulfone groups is 4. The SMILES string of the molecule is CCS(=O)(=O)CCn1c([N+](=O)[O-])cnc1C.CCS(=O)(=O)CCn1c([N+](=O)[O-])cnc1C.CCS(=O)(=O)CCn1c([N+](=O)[O-])cnc1C.CCS(=O)(=O)CCn1c([N+](=O)[O-])cnc1C. The minimum absolute atomic E-state index is 0.0363. The second kappa shape index (κ2) is 24.3. The summed E-state index contributed by atoms with van der Waals surface area (Å²) < 4.78 is 95.5. The molecule has 0 unspecified atom stereocenters. The van der Waals surface area contributed by atoms with Gasteiger partial charge in [0.1, 0.15) is 51.0 Å². The molecule has 4 rings (SSSR count). The molecule has 0 bridgehead atoms. The Hall–Kier alpha value is -5.76. The quantitative estimate of drug-likeness (QED) is 0.0904. The first-order valence-electron chi connectivity index (χ1n) is 19.0. The molecule has 0 aliphatic rings. The number of nitro groups is 4. The zero-order valence-electron chi connectivity index (χ0n) is 36.3. The second-order valence-corrected chi connectivity index (χ2v) is 23.1. The van der Waals surface area contributed by atoms with E-state index in [1.165, 1.54) is 18.3 Å². The van der Waals surface area contributed by atoms with E-state index >= 15 is 0 Å². The molecular formula is C32H52N12O16S4. The number of hydrogen-bond donors (Lipinski definition) is 0. The van der Waals surface area contributed by atoms with Gasteiger partial charge in [-0.3, -0.25) is 0 Å². The third-order valence-corrected chi connectivity index (χ3v) is 15.9. The highest BCUT2D eigenvalue weighted by molar-refractivity contribution is 7.92. The molecule has 32 heteroatoms. The van der Waals surface area contributed by atoms with Crippen molar-refractivity contribution in [2.75, 3.05) is 46.0 Å². The summed E-state index contributed by atoms with van der Waals surface area (Å²) in [5.41, 5.74) is 0. The van der Waals surface area contributed by atoms with Crippen molar-refractivity contribution < 1.29 is 53.4 Å². The van der Waals surface area contributed by atoms with E-state index in [-0.39, 0.29) is 95.5 Å². The fourth-order valence-electron chi connectivity index (χ4n) is 5.01. The summed E-state index contributed by atoms with van der Waals surface area (Å²) in [5, 5.41) is 42.5. The molecule has 0 saturated carbocycles. The van der Waals surface area contributed by atoms with Crippen LogP contribution in [0.5, 0.6) is 0 Å². The van der Waals surface area contributed by atoms with Crippen molar-refractivity contribution in [3.8, 4) is 0 Å². The van der Waals surface area contributed by atoms with Crippen LogP contribution in [0.15, 0.2) is 24.8 Å². The Kier molecular flexibility index (Phi) is 21.4. The van der Waals surface area contributed by atoms with Gasteiger partial charge in [-0.25, -0.2) is 71.9 Å². The predicted molar refractivity (Wildman–Crippen MR) is 232 cm³/mol. The molecule has 0 amide bonds. The topological polar surface area (TPSA) is 380 Å². The molecule has 0 aromatic carbocycles. The van der Waals surface area contributed by atoms with Crippen molar-refractivity contribution in [3.63, 3.8) is 0 Å². The van der Waals surface area contributed by atoms with Gasteiger partial charge in [-0.05, 0) is 19.7 Å². The van der Waals surface area contributed by atoms with Gasteiger partial charge in [0.15, 0.2) is 62.6 Å². The molecule has 360 valence electrons. The van der Waals surface area contributed by atoms with E-state index in [1.807, 2.05) is 0 Å². The molecule has 0 atom stereocenters. The van der Waals surface area contributed by atoms with Gasteiger partial charge in [0.2, 0.25) is 0 Å². The Labute approximate surface area is 369 Å². The van der Waals surface area contributed by atoms with E-state index in [9.17, 15) is 74.1 Å². The molecule has 64 heavy (non-hydrogen) atoms. The van der Waals surface area contributed by atoms with Crippen LogP contribution < -0.4 is 0 Å². The maximum atomic E-state index is 11.3. The summed E-state index contributed by atoms with van der Waals surface area (Å²) >= 11 is 0. The summed E-state index contributed by atoms with van der Waals surface area (Å²) in [6, 6.07) is 0. The van der Waals surface area contributed by atoms with Crippen molar-refractivity contribution in [1.29, 1.82) is 0 Å². The molecule has 0 aliphatic carbocycles. The lowest BCUT2D eigenvalue weighted by Crippen LogP contribution is -2.16. The van der Waals surface area contributed by atoms with Gasteiger partial charge < -0.3 is 40.5 Å². The average molecular weight is 989 g/mol. The predicted octanol–water partition coefficient (Wildman–Crippen LogP) is 2.14. The van der Waals surface area contributed by atoms with Crippen molar-refractivity contribution >= 4 is 62.6 Å². The van der Waals surface area contributed by atoms with Crippen LogP contribution in [0.4, 0.5) is 23.3 Å². The van der Waals surface area contributed by atoms with E-state index in [4.69, 9.17) is 0 Å². The summed E-state index contributed by atoms with van der Waals surface area (Å²) in [6.07, 6.45) is 4.53. The zero-order chi connectivity index (χ0) is 49.4. The van der Waals surface area contributed by atoms with Crippen LogP contribution in [0.25, 0.3) is 0 Å². The largest absolute Gasteiger partial charge is 0.358 e. The smallest absolute Gasteiger partial charge is 0.342 e. The number of rotatable bonds is 20. The monoisotopic (exact) mass is 988 g/mol. The van der Waals surface area contributed by atoms with Gasteiger partial charge in [-0.15, -0.1) is 0 Å². The fourth-order valence-corrected chi connectivity index (χ4v) is 8.01. The third kappa shape index (κ3) is 17.8. The van der Waals surface area contributed by atoms with Crippen molar-refractivity contribution in [1.82, 2.24) is 38.2 Å². The van der Waals surface area contributed by atoms with E-state index < -0.39 is 59.0 Å². The van der Waals surface area contributed by atoms with Crippen LogP contribution in [0.2, 0.25) is 0 Å². The van der Waals surface area contributed by atoms with Gasteiger partial charge >= 0.3 is 23.3 Å². The Morgan fingerprint density at radius 2 is 0.547 bits per heavy atom. The van der Waals surface area contributed by atoms with Crippen molar-refractivity contribution in [3.05, 3.63) is 88.5 Å². The molecule has 0 spiro atoms. The number of imidazole rings is 4. The van der Waals surface area contributed by atoms with Gasteiger partial charge in [-0.2, -0.15) is 0 Å². The first kappa shape index (κ1) is 56.3. The molecule has 0 fully saturated rings. The fraction of sp³-hybridized carbons (Fsp3) is 0.625. The number of hydrogen-bond acceptors (Lipinski definition) is 20. The lowest BCUT2D eigenvalue weighted by molar-refractivity contribution is -0.392. The first-order chi connectivity index (χ1) is 29.5. The van der Waals surface area contributed by atoms with Gasteiger partial charge in [-0.1, -0.05) is 27.7 Å². The van der Waals surface area contributed by atoms with Crippen LogP contribution in [0, 0.1) is 68.2 Å². The highest BCUT2D eigenvalue weighted by Crippen LogP contribution is 2.17. The molecule has 4 aromatic heterocycles. The van der Waals surface area contributed by atoms with Crippen molar-refractivity contribution in [2.45, 2.75) is 81.6 Å². The molecule has 0 radical (unpaired) electrons. The lowest BCUT2D eigenvalue weighted by atomic mass is 10.6. The zero-order valence-corrected chi connectivity index (χ0v) is 39.6. The maximum Gasteiger partial charge on any atom is 0.342 e. The van der Waals surface area contributed by atoms with E-state index in [2.05, 4.69) is 19.9 Å². The Bertz CT molecular complexity index is 2330. The molecular weight excluding hydrogens is 937 g/mol. The summed E-state index contributed by atoms with van der Waals surface area (Å²) in [5.74, 6) is 0.769. The van der Waals surface area contributed by atoms with E-state index in [0.29, 0.717) is 23.3 Å². The normalized spacial score (nSPS) is 11.6. The molecule has 0 aliphatic heterocycles. The van der Waals surface area contributed by atoms with Gasteiger partial charge in [0.25, 0.3) is 0 Å². The average Bonchev–Trinajstić information content (AvgIpc) is 4.00. The molecule has 0 saturated heterocycles. The van der Waals surface area contributed by atoms with Crippen LogP contribution in [-0.2, 0) is 65.5 Å². The molecule has 4 aromatic rings. The second-order valence-electron chi connectivity index (χ2n) is 13.2. The molecule has 4 heterocycles. The van der Waals surface area contributed by atoms with Gasteiger partial charge in [0, 0.05) is 50.7 Å². The van der Waals surface area contributed by atoms with E-state index in [1.54, 1.807) is 55.4 Å². The number of nitrogens with zero attached hydrogens (tertiary/aromatic N) is 12. The highest BCUT2D eigenvalue weighted by atomic mass is 32.2. The van der Waals surface area contributed by atoms with Crippen LogP contribution in [0.1, 0.15) is 51.0 Å². The first-order valence-corrected chi connectivity index (χ1v) is 26.2. The summed E-state index contributed by atoms with van der Waals surface area (Å²) in [4.78, 5) is 55.4. The summed E-state index contributed by atoms with van der Waals surface area (Å²) in [6.45, 7) is 12.9. The van der Waals surface area contributed by atoms with Crippen LogP contribution >= 0.6 is 0 Å². The maximum absolute atomic E-state index is 11.3. The number of aromatic nitrogens is 8.